The van der Waals surface area contributed by atoms with E-state index in [1.54, 1.807) is 0 Å². The average molecular weight is 231 g/mol. The quantitative estimate of drug-likeness (QED) is 0.347. The van der Waals surface area contributed by atoms with Gasteiger partial charge < -0.3 is 10.2 Å². The lowest BCUT2D eigenvalue weighted by Gasteiger charge is -1.93. The molecule has 0 aliphatic heterocycles. The van der Waals surface area contributed by atoms with Crippen molar-refractivity contribution in [3.63, 3.8) is 0 Å². The Balaban J connectivity index is 0. The van der Waals surface area contributed by atoms with Crippen molar-refractivity contribution in [2.45, 2.75) is 0 Å². The third-order valence-electron chi connectivity index (χ3n) is 0.552. The van der Waals surface area contributed by atoms with Crippen molar-refractivity contribution in [2.75, 3.05) is 13.1 Å². The molecule has 10 heteroatoms. The summed E-state index contributed by atoms with van der Waals surface area (Å²) < 4.78 is 31.6. The Hall–Kier alpha value is -1.23. The number of carboxylic acid groups (broad SMARTS) is 2. The summed E-state index contributed by atoms with van der Waals surface area (Å²) in [6.07, 6.45) is 0. The second kappa shape index (κ2) is 7.20. The molecule has 0 amide bonds. The van der Waals surface area contributed by atoms with Gasteiger partial charge in [-0.05, 0) is 0 Å². The summed E-state index contributed by atoms with van der Waals surface area (Å²) in [6.45, 7) is -0.626. The Morgan fingerprint density at radius 3 is 1.36 bits per heavy atom. The van der Waals surface area contributed by atoms with Crippen LogP contribution in [0.25, 0.3) is 0 Å². The zero-order valence-electron chi connectivity index (χ0n) is 6.74. The fourth-order valence-corrected chi connectivity index (χ4v) is 0.276. The van der Waals surface area contributed by atoms with Crippen molar-refractivity contribution in [1.82, 2.24) is 5.32 Å². The first-order chi connectivity index (χ1) is 6.13. The first-order valence-electron chi connectivity index (χ1n) is 2.97. The number of carboxylic acids is 2. The second-order valence-electron chi connectivity index (χ2n) is 1.84. The Kier molecular flexibility index (Phi) is 7.84. The van der Waals surface area contributed by atoms with Crippen molar-refractivity contribution in [2.24, 2.45) is 0 Å². The van der Waals surface area contributed by atoms with Crippen LogP contribution in [0.3, 0.4) is 0 Å². The van der Waals surface area contributed by atoms with E-state index < -0.39 is 22.3 Å². The standard InChI is InChI=1S/C4H7NO4.H2O4S/c6-3(7)1-5-2-4(8)9;1-5(2,3)4/h5H,1-2H2,(H,6,7)(H,8,9);(H2,1,2,3,4). The molecule has 0 spiro atoms. The van der Waals surface area contributed by atoms with E-state index in [0.29, 0.717) is 0 Å². The molecule has 5 N–H and O–H groups in total. The first-order valence-corrected chi connectivity index (χ1v) is 4.37. The third-order valence-corrected chi connectivity index (χ3v) is 0.552. The number of hydrogen-bond donors (Lipinski definition) is 5. The molecule has 14 heavy (non-hydrogen) atoms. The smallest absolute Gasteiger partial charge is 0.394 e. The maximum atomic E-state index is 9.73. The van der Waals surface area contributed by atoms with Gasteiger partial charge in [0.25, 0.3) is 0 Å². The lowest BCUT2D eigenvalue weighted by molar-refractivity contribution is -0.137. The highest BCUT2D eigenvalue weighted by Crippen LogP contribution is 1.61. The van der Waals surface area contributed by atoms with Crippen LogP contribution in [-0.2, 0) is 20.0 Å². The number of hydrogen-bond acceptors (Lipinski definition) is 5. The molecular formula is C4H9NO8S. The second-order valence-corrected chi connectivity index (χ2v) is 2.73. The number of aliphatic carboxylic acids is 2. The van der Waals surface area contributed by atoms with Gasteiger partial charge in [0.15, 0.2) is 0 Å². The van der Waals surface area contributed by atoms with E-state index in [1.165, 1.54) is 0 Å². The van der Waals surface area contributed by atoms with Gasteiger partial charge in [-0.25, -0.2) is 0 Å². The summed E-state index contributed by atoms with van der Waals surface area (Å²) in [5.74, 6) is -2.12. The molecule has 0 heterocycles. The van der Waals surface area contributed by atoms with Crippen molar-refractivity contribution in [1.29, 1.82) is 0 Å². The lowest BCUT2D eigenvalue weighted by Crippen LogP contribution is -2.27. The molecular weight excluding hydrogens is 222 g/mol. The van der Waals surface area contributed by atoms with Crippen LogP contribution in [0.5, 0.6) is 0 Å². The predicted molar refractivity (Wildman–Crippen MR) is 42.3 cm³/mol. The monoisotopic (exact) mass is 231 g/mol. The van der Waals surface area contributed by atoms with Crippen molar-refractivity contribution in [3.8, 4) is 0 Å². The predicted octanol–water partition coefficient (Wildman–Crippen LogP) is -1.91. The minimum atomic E-state index is -4.67. The van der Waals surface area contributed by atoms with Crippen molar-refractivity contribution >= 4 is 22.3 Å². The zero-order chi connectivity index (χ0) is 11.8. The molecule has 0 radical (unpaired) electrons. The summed E-state index contributed by atoms with van der Waals surface area (Å²) in [5, 5.41) is 18.1. The third kappa shape index (κ3) is 45.2. The van der Waals surface area contributed by atoms with Crippen molar-refractivity contribution < 1.29 is 37.3 Å². The topological polar surface area (TPSA) is 161 Å². The SMILES string of the molecule is O=C(O)CNCC(=O)O.O=S(=O)(O)O. The van der Waals surface area contributed by atoms with Crippen LogP contribution in [0, 0.1) is 0 Å². The van der Waals surface area contributed by atoms with Gasteiger partial charge in [-0.2, -0.15) is 8.42 Å². The molecule has 0 aliphatic rings. The molecule has 0 bridgehead atoms. The largest absolute Gasteiger partial charge is 0.480 e. The maximum absolute atomic E-state index is 9.73. The van der Waals surface area contributed by atoms with E-state index in [-0.39, 0.29) is 13.1 Å². The first kappa shape index (κ1) is 15.3. The molecule has 0 saturated heterocycles. The zero-order valence-corrected chi connectivity index (χ0v) is 7.56. The summed E-state index contributed by atoms with van der Waals surface area (Å²) in [5.41, 5.74) is 0. The van der Waals surface area contributed by atoms with Crippen LogP contribution < -0.4 is 5.32 Å². The van der Waals surface area contributed by atoms with E-state index in [9.17, 15) is 9.59 Å². The average Bonchev–Trinajstić information content (AvgIpc) is 1.80. The van der Waals surface area contributed by atoms with E-state index >= 15 is 0 Å². The van der Waals surface area contributed by atoms with Crippen LogP contribution >= 0.6 is 0 Å². The molecule has 0 rings (SSSR count). The summed E-state index contributed by atoms with van der Waals surface area (Å²) in [4.78, 5) is 19.5. The molecule has 0 unspecified atom stereocenters. The highest BCUT2D eigenvalue weighted by atomic mass is 32.3. The fourth-order valence-electron chi connectivity index (χ4n) is 0.276. The molecule has 84 valence electrons. The highest BCUT2D eigenvalue weighted by molar-refractivity contribution is 7.79. The number of rotatable bonds is 4. The van der Waals surface area contributed by atoms with Gasteiger partial charge in [0, 0.05) is 0 Å². The van der Waals surface area contributed by atoms with Gasteiger partial charge >= 0.3 is 22.3 Å². The molecule has 0 aromatic rings. The molecule has 0 fully saturated rings. The Morgan fingerprint density at radius 2 is 1.21 bits per heavy atom. The molecule has 9 nitrogen and oxygen atoms in total. The van der Waals surface area contributed by atoms with Gasteiger partial charge in [0.05, 0.1) is 13.1 Å². The molecule has 0 aromatic heterocycles. The van der Waals surface area contributed by atoms with Crippen LogP contribution in [0.15, 0.2) is 0 Å². The van der Waals surface area contributed by atoms with Crippen LogP contribution in [0.1, 0.15) is 0 Å². The van der Waals surface area contributed by atoms with Gasteiger partial charge in [-0.1, -0.05) is 0 Å². The fraction of sp³-hybridized carbons (Fsp3) is 0.500. The van der Waals surface area contributed by atoms with Gasteiger partial charge in [0.1, 0.15) is 0 Å². The van der Waals surface area contributed by atoms with Gasteiger partial charge in [0.2, 0.25) is 0 Å². The number of nitrogens with one attached hydrogen (secondary N) is 1. The van der Waals surface area contributed by atoms with Crippen LogP contribution in [0.2, 0.25) is 0 Å². The van der Waals surface area contributed by atoms with E-state index in [2.05, 4.69) is 5.32 Å². The molecule has 0 aliphatic carbocycles. The lowest BCUT2D eigenvalue weighted by atomic mass is 10.6. The number of carbonyl (C=O) groups is 2. The van der Waals surface area contributed by atoms with E-state index in [4.69, 9.17) is 27.7 Å². The maximum Gasteiger partial charge on any atom is 0.394 e. The normalized spacial score (nSPS) is 9.86. The minimum absolute atomic E-state index is 0.313. The Labute approximate surface area is 78.9 Å². The molecule has 0 aromatic carbocycles. The van der Waals surface area contributed by atoms with Crippen LogP contribution in [-0.4, -0.2) is 52.8 Å². The van der Waals surface area contributed by atoms with Gasteiger partial charge in [-0.15, -0.1) is 0 Å². The minimum Gasteiger partial charge on any atom is -0.480 e. The van der Waals surface area contributed by atoms with Crippen molar-refractivity contribution in [3.05, 3.63) is 0 Å². The van der Waals surface area contributed by atoms with E-state index in [0.717, 1.165) is 0 Å². The summed E-state index contributed by atoms with van der Waals surface area (Å²) in [6, 6.07) is 0. The van der Waals surface area contributed by atoms with Gasteiger partial charge in [-0.3, -0.25) is 24.0 Å². The van der Waals surface area contributed by atoms with E-state index in [1.807, 2.05) is 0 Å². The van der Waals surface area contributed by atoms with Crippen LogP contribution in [0.4, 0.5) is 0 Å². The Bertz CT molecular complexity index is 260. The molecule has 0 atom stereocenters. The summed E-state index contributed by atoms with van der Waals surface area (Å²) in [7, 11) is -4.67. The summed E-state index contributed by atoms with van der Waals surface area (Å²) >= 11 is 0. The molecule has 0 saturated carbocycles. The Morgan fingerprint density at radius 1 is 1.00 bits per heavy atom. The highest BCUT2D eigenvalue weighted by Gasteiger charge is 1.97.